The van der Waals surface area contributed by atoms with E-state index in [1.807, 2.05) is 0 Å². The van der Waals surface area contributed by atoms with E-state index in [4.69, 9.17) is 0 Å². The fourth-order valence-electron chi connectivity index (χ4n) is 1.41. The maximum absolute atomic E-state index is 10.5. The van der Waals surface area contributed by atoms with Crippen molar-refractivity contribution in [1.82, 2.24) is 0 Å². The summed E-state index contributed by atoms with van der Waals surface area (Å²) in [5.41, 5.74) is 0. The molecule has 0 aliphatic rings. The van der Waals surface area contributed by atoms with E-state index in [-0.39, 0.29) is 41.1 Å². The predicted molar refractivity (Wildman–Crippen MR) is 55.9 cm³/mol. The summed E-state index contributed by atoms with van der Waals surface area (Å²) in [5.74, 6) is -0.129. The molecule has 84 valence electrons. The Hall–Kier alpha value is -0.790. The first-order valence-corrected chi connectivity index (χ1v) is 5.66. The minimum atomic E-state index is -4.81. The van der Waals surface area contributed by atoms with Crippen LogP contribution in [0.5, 0.6) is 11.5 Å². The quantitative estimate of drug-likeness (QED) is 0.400. The maximum atomic E-state index is 10.5. The van der Waals surface area contributed by atoms with Gasteiger partial charge in [0.15, 0.2) is 0 Å². The van der Waals surface area contributed by atoms with E-state index in [2.05, 4.69) is 4.18 Å². The molecule has 5 nitrogen and oxygen atoms in total. The van der Waals surface area contributed by atoms with E-state index >= 15 is 0 Å². The van der Waals surface area contributed by atoms with Crippen LogP contribution in [0.25, 0.3) is 10.8 Å². The molecule has 2 aromatic carbocycles. The Morgan fingerprint density at radius 3 is 2.53 bits per heavy atom. The van der Waals surface area contributed by atoms with Crippen LogP contribution in [0.15, 0.2) is 36.4 Å². The predicted octanol–water partition coefficient (Wildman–Crippen LogP) is -1.61. The number of benzene rings is 2. The molecule has 0 fully saturated rings. The first-order chi connectivity index (χ1) is 7.46. The van der Waals surface area contributed by atoms with Crippen molar-refractivity contribution in [2.75, 3.05) is 0 Å². The Balaban J connectivity index is 0.00000144. The molecule has 2 aromatic rings. The molecule has 0 amide bonds. The van der Waals surface area contributed by atoms with Gasteiger partial charge in [-0.3, -0.25) is 0 Å². The topological polar surface area (TPSA) is 86.7 Å². The summed E-state index contributed by atoms with van der Waals surface area (Å²) in [6.45, 7) is 0. The van der Waals surface area contributed by atoms with Crippen LogP contribution in [0.2, 0.25) is 0 Å². The van der Waals surface area contributed by atoms with Crippen LogP contribution in [-0.4, -0.2) is 18.1 Å². The third-order valence-corrected chi connectivity index (χ3v) is 2.40. The number of phenolic OH excluding ortho intramolecular Hbond substituents is 1. The molecule has 2 rings (SSSR count). The molecule has 0 bridgehead atoms. The van der Waals surface area contributed by atoms with Gasteiger partial charge in [0.05, 0.1) is 0 Å². The van der Waals surface area contributed by atoms with Crippen molar-refractivity contribution in [3.63, 3.8) is 0 Å². The van der Waals surface area contributed by atoms with E-state index < -0.39 is 10.4 Å². The Bertz CT molecular complexity index is 638. The molecule has 0 aromatic heterocycles. The van der Waals surface area contributed by atoms with E-state index in [9.17, 15) is 18.1 Å². The monoisotopic (exact) mass is 262 g/mol. The maximum Gasteiger partial charge on any atom is 1.00 e. The third kappa shape index (κ3) is 3.58. The Labute approximate surface area is 120 Å². The second-order valence-electron chi connectivity index (χ2n) is 3.15. The van der Waals surface area contributed by atoms with E-state index in [1.54, 1.807) is 18.2 Å². The molecule has 0 radical (unpaired) electrons. The zero-order valence-electron chi connectivity index (χ0n) is 8.95. The molecule has 0 saturated carbocycles. The summed E-state index contributed by atoms with van der Waals surface area (Å²) in [6.07, 6.45) is 0. The molecule has 0 unspecified atom stereocenters. The van der Waals surface area contributed by atoms with Gasteiger partial charge >= 0.3 is 29.6 Å². The second kappa shape index (κ2) is 5.24. The molecule has 0 aliphatic heterocycles. The van der Waals surface area contributed by atoms with E-state index in [0.29, 0.717) is 10.8 Å². The zero-order valence-corrected chi connectivity index (χ0v) is 11.8. The van der Waals surface area contributed by atoms with Crippen molar-refractivity contribution in [3.05, 3.63) is 36.4 Å². The summed E-state index contributed by atoms with van der Waals surface area (Å²) in [5, 5.41) is 10.3. The summed E-state index contributed by atoms with van der Waals surface area (Å²) < 4.78 is 35.7. The van der Waals surface area contributed by atoms with Gasteiger partial charge in [-0.05, 0) is 23.6 Å². The fourth-order valence-corrected chi connectivity index (χ4v) is 1.78. The first kappa shape index (κ1) is 14.3. The third-order valence-electron chi connectivity index (χ3n) is 2.02. The van der Waals surface area contributed by atoms with Crippen molar-refractivity contribution in [3.8, 4) is 11.5 Å². The van der Waals surface area contributed by atoms with Crippen molar-refractivity contribution in [2.45, 2.75) is 0 Å². The second-order valence-corrected chi connectivity index (χ2v) is 4.14. The van der Waals surface area contributed by atoms with Crippen molar-refractivity contribution in [2.24, 2.45) is 0 Å². The molecular weight excluding hydrogens is 255 g/mol. The Morgan fingerprint density at radius 2 is 1.88 bits per heavy atom. The molecule has 17 heavy (non-hydrogen) atoms. The number of aromatic hydroxyl groups is 1. The largest absolute Gasteiger partial charge is 1.00 e. The fraction of sp³-hybridized carbons (Fsp3) is 0. The number of phenols is 1. The van der Waals surface area contributed by atoms with Gasteiger partial charge in [0, 0.05) is 5.39 Å². The number of hydrogen-bond acceptors (Lipinski definition) is 5. The van der Waals surface area contributed by atoms with E-state index in [0.717, 1.165) is 0 Å². The van der Waals surface area contributed by atoms with Gasteiger partial charge in [-0.15, -0.1) is 0 Å². The summed E-state index contributed by atoms with van der Waals surface area (Å²) >= 11 is 0. The summed E-state index contributed by atoms with van der Waals surface area (Å²) in [7, 11) is -4.81. The molecular formula is C10H7NaO5S. The van der Waals surface area contributed by atoms with Gasteiger partial charge < -0.3 is 13.8 Å². The van der Waals surface area contributed by atoms with Gasteiger partial charge in [0.2, 0.25) is 0 Å². The molecule has 0 saturated heterocycles. The standard InChI is InChI=1S/C10H8O5S.Na/c11-8-5-4-7-2-1-3-10(9(7)6-8)15-16(12,13)14;/h1-6,11H,(H,12,13,14);/q;+1/p-1. The molecule has 0 spiro atoms. The van der Waals surface area contributed by atoms with Gasteiger partial charge in [0.1, 0.15) is 11.5 Å². The smallest absolute Gasteiger partial charge is 0.716 e. The Kier molecular flexibility index (Phi) is 4.40. The van der Waals surface area contributed by atoms with Crippen LogP contribution in [0, 0.1) is 0 Å². The average Bonchev–Trinajstić information content (AvgIpc) is 2.17. The summed E-state index contributed by atoms with van der Waals surface area (Å²) in [6, 6.07) is 8.98. The van der Waals surface area contributed by atoms with Crippen LogP contribution < -0.4 is 33.7 Å². The Morgan fingerprint density at radius 1 is 1.18 bits per heavy atom. The van der Waals surface area contributed by atoms with Crippen LogP contribution in [0.1, 0.15) is 0 Å². The van der Waals surface area contributed by atoms with Gasteiger partial charge in [-0.1, -0.05) is 18.2 Å². The molecule has 0 heterocycles. The van der Waals surface area contributed by atoms with Crippen LogP contribution in [0.3, 0.4) is 0 Å². The first-order valence-electron chi connectivity index (χ1n) is 4.33. The number of hydrogen-bond donors (Lipinski definition) is 1. The minimum Gasteiger partial charge on any atom is -0.716 e. The summed E-state index contributed by atoms with van der Waals surface area (Å²) in [4.78, 5) is 0. The van der Waals surface area contributed by atoms with Crippen molar-refractivity contribution < 1.29 is 51.8 Å². The van der Waals surface area contributed by atoms with Gasteiger partial charge in [0.25, 0.3) is 10.4 Å². The molecule has 7 heteroatoms. The van der Waals surface area contributed by atoms with Crippen LogP contribution >= 0.6 is 0 Å². The normalized spacial score (nSPS) is 10.9. The minimum absolute atomic E-state index is 0. The number of fused-ring (bicyclic) bond motifs is 1. The van der Waals surface area contributed by atoms with E-state index in [1.165, 1.54) is 18.2 Å². The van der Waals surface area contributed by atoms with Crippen molar-refractivity contribution >= 4 is 21.2 Å². The molecule has 1 N–H and O–H groups in total. The van der Waals surface area contributed by atoms with Gasteiger partial charge in [-0.25, -0.2) is 8.42 Å². The number of rotatable bonds is 2. The van der Waals surface area contributed by atoms with Gasteiger partial charge in [-0.2, -0.15) is 0 Å². The zero-order chi connectivity index (χ0) is 11.8. The van der Waals surface area contributed by atoms with Crippen molar-refractivity contribution in [1.29, 1.82) is 0 Å². The average molecular weight is 262 g/mol. The SMILES string of the molecule is O=S(=O)([O-])Oc1cccc2ccc(O)cc12.[Na+]. The van der Waals surface area contributed by atoms with Crippen LogP contribution in [-0.2, 0) is 10.4 Å². The molecule has 0 aliphatic carbocycles. The van der Waals surface area contributed by atoms with Crippen LogP contribution in [0.4, 0.5) is 0 Å². The molecule has 0 atom stereocenters.